The number of carbonyl (C=O) groups is 1. The molecular formula is C20H22N4O. The Morgan fingerprint density at radius 2 is 1.92 bits per heavy atom. The van der Waals surface area contributed by atoms with Crippen molar-refractivity contribution in [3.05, 3.63) is 59.8 Å². The molecular weight excluding hydrogens is 312 g/mol. The first-order chi connectivity index (χ1) is 12.2. The summed E-state index contributed by atoms with van der Waals surface area (Å²) in [6, 6.07) is 15.7. The van der Waals surface area contributed by atoms with Crippen molar-refractivity contribution in [1.29, 1.82) is 5.26 Å². The van der Waals surface area contributed by atoms with E-state index in [2.05, 4.69) is 16.0 Å². The Balaban J connectivity index is 1.69. The quantitative estimate of drug-likeness (QED) is 0.866. The van der Waals surface area contributed by atoms with Gasteiger partial charge in [-0.15, -0.1) is 0 Å². The van der Waals surface area contributed by atoms with Crippen LogP contribution in [0, 0.1) is 11.3 Å². The van der Waals surface area contributed by atoms with E-state index in [1.54, 1.807) is 18.3 Å². The van der Waals surface area contributed by atoms with Gasteiger partial charge in [0.2, 0.25) is 5.91 Å². The Hall–Kier alpha value is -2.87. The second kappa shape index (κ2) is 7.80. The van der Waals surface area contributed by atoms with Crippen LogP contribution < -0.4 is 4.90 Å². The highest BCUT2D eigenvalue weighted by molar-refractivity contribution is 5.83. The van der Waals surface area contributed by atoms with Crippen LogP contribution in [0.25, 0.3) is 0 Å². The van der Waals surface area contributed by atoms with Gasteiger partial charge in [0.05, 0.1) is 11.5 Å². The third kappa shape index (κ3) is 3.80. The van der Waals surface area contributed by atoms with Crippen molar-refractivity contribution in [1.82, 2.24) is 9.88 Å². The minimum Gasteiger partial charge on any atom is -0.354 e. The topological polar surface area (TPSA) is 60.2 Å². The molecule has 1 atom stereocenters. The molecule has 25 heavy (non-hydrogen) atoms. The highest BCUT2D eigenvalue weighted by Gasteiger charge is 2.25. The fraction of sp³-hybridized carbons (Fsp3) is 0.350. The number of nitriles is 1. The van der Waals surface area contributed by atoms with Gasteiger partial charge in [0.15, 0.2) is 0 Å². The van der Waals surface area contributed by atoms with Crippen LogP contribution >= 0.6 is 0 Å². The van der Waals surface area contributed by atoms with Crippen LogP contribution in [0.5, 0.6) is 0 Å². The summed E-state index contributed by atoms with van der Waals surface area (Å²) >= 11 is 0. The zero-order chi connectivity index (χ0) is 17.6. The van der Waals surface area contributed by atoms with Gasteiger partial charge in [-0.05, 0) is 31.0 Å². The standard InChI is InChI=1S/C20H22N4O/c1-16(17-7-3-2-4-8-17)20(25)24-12-6-11-23(13-14-24)19-18(15-21)9-5-10-22-19/h2-5,7-10,16H,6,11-14H2,1H3. The number of hydrogen-bond acceptors (Lipinski definition) is 4. The summed E-state index contributed by atoms with van der Waals surface area (Å²) in [4.78, 5) is 21.3. The smallest absolute Gasteiger partial charge is 0.229 e. The average molecular weight is 334 g/mol. The van der Waals surface area contributed by atoms with Crippen molar-refractivity contribution in [2.45, 2.75) is 19.3 Å². The Kier molecular flexibility index (Phi) is 5.30. The summed E-state index contributed by atoms with van der Waals surface area (Å²) in [5.41, 5.74) is 1.63. The predicted octanol–water partition coefficient (Wildman–Crippen LogP) is 2.80. The zero-order valence-corrected chi connectivity index (χ0v) is 14.4. The third-order valence-electron chi connectivity index (χ3n) is 4.68. The van der Waals surface area contributed by atoms with Crippen molar-refractivity contribution in [3.8, 4) is 6.07 Å². The Morgan fingerprint density at radius 1 is 1.12 bits per heavy atom. The fourth-order valence-corrected chi connectivity index (χ4v) is 3.24. The molecule has 1 aromatic heterocycles. The van der Waals surface area contributed by atoms with E-state index < -0.39 is 0 Å². The largest absolute Gasteiger partial charge is 0.354 e. The molecule has 0 N–H and O–H groups in total. The molecule has 0 spiro atoms. The molecule has 2 heterocycles. The minimum atomic E-state index is -0.141. The Labute approximate surface area is 148 Å². The zero-order valence-electron chi connectivity index (χ0n) is 14.4. The van der Waals surface area contributed by atoms with Gasteiger partial charge in [-0.25, -0.2) is 4.98 Å². The monoisotopic (exact) mass is 334 g/mol. The molecule has 5 nitrogen and oxygen atoms in total. The van der Waals surface area contributed by atoms with Gasteiger partial charge < -0.3 is 9.80 Å². The first-order valence-corrected chi connectivity index (χ1v) is 8.64. The lowest BCUT2D eigenvalue weighted by atomic mass is 10.00. The van der Waals surface area contributed by atoms with Crippen molar-refractivity contribution in [2.75, 3.05) is 31.1 Å². The van der Waals surface area contributed by atoms with E-state index in [0.717, 1.165) is 30.9 Å². The Bertz CT molecular complexity index is 769. The predicted molar refractivity (Wildman–Crippen MR) is 97.2 cm³/mol. The molecule has 5 heteroatoms. The molecule has 1 unspecified atom stereocenters. The first kappa shape index (κ1) is 17.0. The molecule has 128 valence electrons. The number of anilines is 1. The second-order valence-electron chi connectivity index (χ2n) is 6.28. The van der Waals surface area contributed by atoms with Crippen molar-refractivity contribution in [3.63, 3.8) is 0 Å². The van der Waals surface area contributed by atoms with Crippen LogP contribution in [0.4, 0.5) is 5.82 Å². The number of benzene rings is 1. The van der Waals surface area contributed by atoms with Crippen LogP contribution in [0.15, 0.2) is 48.7 Å². The van der Waals surface area contributed by atoms with Crippen LogP contribution in [0.1, 0.15) is 30.4 Å². The molecule has 1 aliphatic rings. The summed E-state index contributed by atoms with van der Waals surface area (Å²) in [5.74, 6) is 0.738. The summed E-state index contributed by atoms with van der Waals surface area (Å²) in [7, 11) is 0. The molecule has 2 aromatic rings. The van der Waals surface area contributed by atoms with Gasteiger partial charge in [0, 0.05) is 32.4 Å². The summed E-state index contributed by atoms with van der Waals surface area (Å²) in [6.07, 6.45) is 2.58. The molecule has 1 amide bonds. The van der Waals surface area contributed by atoms with Crippen LogP contribution in [0.2, 0.25) is 0 Å². The van der Waals surface area contributed by atoms with Gasteiger partial charge in [-0.3, -0.25) is 4.79 Å². The molecule has 0 bridgehead atoms. The van der Waals surface area contributed by atoms with Crippen molar-refractivity contribution in [2.24, 2.45) is 0 Å². The molecule has 0 radical (unpaired) electrons. The SMILES string of the molecule is CC(C(=O)N1CCCN(c2ncccc2C#N)CC1)c1ccccc1. The summed E-state index contributed by atoms with van der Waals surface area (Å²) < 4.78 is 0. The molecule has 0 aliphatic carbocycles. The van der Waals surface area contributed by atoms with Crippen molar-refractivity contribution >= 4 is 11.7 Å². The molecule has 1 saturated heterocycles. The Morgan fingerprint density at radius 3 is 2.68 bits per heavy atom. The molecule has 1 aromatic carbocycles. The summed E-state index contributed by atoms with van der Waals surface area (Å²) in [6.45, 7) is 4.85. The minimum absolute atomic E-state index is 0.141. The van der Waals surface area contributed by atoms with E-state index in [-0.39, 0.29) is 11.8 Å². The molecule has 1 fully saturated rings. The van der Waals surface area contributed by atoms with Crippen LogP contribution in [-0.4, -0.2) is 42.0 Å². The van der Waals surface area contributed by atoms with Crippen LogP contribution in [-0.2, 0) is 4.79 Å². The number of hydrogen-bond donors (Lipinski definition) is 0. The average Bonchev–Trinajstić information content (AvgIpc) is 2.93. The van der Waals surface area contributed by atoms with Crippen molar-refractivity contribution < 1.29 is 4.79 Å². The highest BCUT2D eigenvalue weighted by atomic mass is 16.2. The normalized spacial score (nSPS) is 16.0. The van der Waals surface area contributed by atoms with Gasteiger partial charge in [-0.1, -0.05) is 30.3 Å². The van der Waals surface area contributed by atoms with Gasteiger partial charge >= 0.3 is 0 Å². The third-order valence-corrected chi connectivity index (χ3v) is 4.68. The van der Waals surface area contributed by atoms with E-state index in [9.17, 15) is 10.1 Å². The lowest BCUT2D eigenvalue weighted by Gasteiger charge is -2.25. The van der Waals surface area contributed by atoms with E-state index >= 15 is 0 Å². The second-order valence-corrected chi connectivity index (χ2v) is 6.28. The van der Waals surface area contributed by atoms with Crippen LogP contribution in [0.3, 0.4) is 0 Å². The number of aromatic nitrogens is 1. The number of rotatable bonds is 3. The fourth-order valence-electron chi connectivity index (χ4n) is 3.24. The molecule has 1 aliphatic heterocycles. The van der Waals surface area contributed by atoms with Gasteiger partial charge in [0.1, 0.15) is 11.9 Å². The van der Waals surface area contributed by atoms with E-state index in [1.807, 2.05) is 42.2 Å². The number of pyridine rings is 1. The molecule has 3 rings (SSSR count). The lowest BCUT2D eigenvalue weighted by Crippen LogP contribution is -2.37. The lowest BCUT2D eigenvalue weighted by molar-refractivity contribution is -0.132. The van der Waals surface area contributed by atoms with E-state index in [4.69, 9.17) is 0 Å². The number of nitrogens with zero attached hydrogens (tertiary/aromatic N) is 4. The maximum Gasteiger partial charge on any atom is 0.229 e. The molecule has 0 saturated carbocycles. The van der Waals surface area contributed by atoms with Gasteiger partial charge in [-0.2, -0.15) is 5.26 Å². The number of amides is 1. The maximum atomic E-state index is 12.9. The first-order valence-electron chi connectivity index (χ1n) is 8.64. The summed E-state index contributed by atoms with van der Waals surface area (Å²) in [5, 5.41) is 9.28. The maximum absolute atomic E-state index is 12.9. The van der Waals surface area contributed by atoms with Gasteiger partial charge in [0.25, 0.3) is 0 Å². The number of carbonyl (C=O) groups excluding carboxylic acids is 1. The van der Waals surface area contributed by atoms with E-state index in [1.165, 1.54) is 0 Å². The van der Waals surface area contributed by atoms with E-state index in [0.29, 0.717) is 18.7 Å². The highest BCUT2D eigenvalue weighted by Crippen LogP contribution is 2.21.